The zero-order valence-electron chi connectivity index (χ0n) is 13.2. The molecule has 2 aliphatic carbocycles. The number of carbonyl (C=O) groups excluding carboxylic acids is 2. The van der Waals surface area contributed by atoms with Crippen LogP contribution in [0.15, 0.2) is 18.2 Å². The maximum Gasteiger partial charge on any atom is 0.252 e. The molecule has 1 aromatic rings. The molecule has 0 saturated heterocycles. The van der Waals surface area contributed by atoms with E-state index in [9.17, 15) is 9.59 Å². The zero-order chi connectivity index (χ0) is 16.4. The number of hydrogen-bond donors (Lipinski definition) is 3. The largest absolute Gasteiger partial charge is 0.376 e. The second-order valence-corrected chi connectivity index (χ2v) is 6.80. The average molecular weight is 336 g/mol. The van der Waals surface area contributed by atoms with E-state index in [0.29, 0.717) is 28.5 Å². The van der Waals surface area contributed by atoms with Gasteiger partial charge in [-0.2, -0.15) is 0 Å². The third-order valence-electron chi connectivity index (χ3n) is 4.48. The molecular formula is C17H22ClN3O2. The van der Waals surface area contributed by atoms with E-state index < -0.39 is 0 Å². The molecule has 3 N–H and O–H groups in total. The molecule has 0 unspecified atom stereocenters. The summed E-state index contributed by atoms with van der Waals surface area (Å²) in [5.41, 5.74) is 1.15. The maximum absolute atomic E-state index is 12.1. The van der Waals surface area contributed by atoms with Crippen molar-refractivity contribution in [1.29, 1.82) is 0 Å². The summed E-state index contributed by atoms with van der Waals surface area (Å²) < 4.78 is 0. The molecule has 23 heavy (non-hydrogen) atoms. The lowest BCUT2D eigenvalue weighted by atomic mass is 10.1. The van der Waals surface area contributed by atoms with Crippen molar-refractivity contribution in [3.8, 4) is 0 Å². The van der Waals surface area contributed by atoms with Crippen molar-refractivity contribution in [2.75, 3.05) is 18.9 Å². The maximum atomic E-state index is 12.1. The highest BCUT2D eigenvalue weighted by molar-refractivity contribution is 6.34. The topological polar surface area (TPSA) is 70.2 Å². The number of amides is 2. The van der Waals surface area contributed by atoms with Crippen LogP contribution in [-0.4, -0.2) is 31.4 Å². The molecule has 0 bridgehead atoms. The molecule has 6 heteroatoms. The summed E-state index contributed by atoms with van der Waals surface area (Å²) in [4.78, 5) is 23.7. The van der Waals surface area contributed by atoms with Gasteiger partial charge in [0.05, 0.1) is 17.1 Å². The lowest BCUT2D eigenvalue weighted by Gasteiger charge is -2.18. The molecule has 0 radical (unpaired) electrons. The standard InChI is InChI=1S/C17H22ClN3O2/c1-19-17(23)13-7-6-12(8-14(13)18)20-9-15(22)21-16(10-2-3-10)11-4-5-11/h6-8,10-11,16,20H,2-5,9H2,1H3,(H,19,23)(H,21,22). The molecular weight excluding hydrogens is 314 g/mol. The Bertz CT molecular complexity index is 600. The van der Waals surface area contributed by atoms with E-state index in [1.807, 2.05) is 0 Å². The highest BCUT2D eigenvalue weighted by atomic mass is 35.5. The lowest BCUT2D eigenvalue weighted by molar-refractivity contribution is -0.120. The van der Waals surface area contributed by atoms with Gasteiger partial charge in [0.25, 0.3) is 5.91 Å². The first kappa shape index (κ1) is 16.1. The summed E-state index contributed by atoms with van der Waals surface area (Å²) in [5.74, 6) is 1.16. The van der Waals surface area contributed by atoms with Crippen LogP contribution in [0.5, 0.6) is 0 Å². The van der Waals surface area contributed by atoms with Gasteiger partial charge in [-0.1, -0.05) is 11.6 Å². The SMILES string of the molecule is CNC(=O)c1ccc(NCC(=O)NC(C2CC2)C2CC2)cc1Cl. The molecule has 0 aliphatic heterocycles. The summed E-state index contributed by atoms with van der Waals surface area (Å²) in [6.45, 7) is 0.214. The van der Waals surface area contributed by atoms with Crippen LogP contribution in [0.4, 0.5) is 5.69 Å². The van der Waals surface area contributed by atoms with Crippen LogP contribution >= 0.6 is 11.6 Å². The van der Waals surface area contributed by atoms with Gasteiger partial charge in [-0.15, -0.1) is 0 Å². The smallest absolute Gasteiger partial charge is 0.252 e. The predicted octanol–water partition coefficient (Wildman–Crippen LogP) is 2.42. The van der Waals surface area contributed by atoms with Gasteiger partial charge in [0.2, 0.25) is 5.91 Å². The Hall–Kier alpha value is -1.75. The van der Waals surface area contributed by atoms with Crippen molar-refractivity contribution in [3.05, 3.63) is 28.8 Å². The molecule has 124 valence electrons. The van der Waals surface area contributed by atoms with Crippen molar-refractivity contribution in [3.63, 3.8) is 0 Å². The van der Waals surface area contributed by atoms with Gasteiger partial charge in [-0.3, -0.25) is 9.59 Å². The van der Waals surface area contributed by atoms with Gasteiger partial charge in [-0.05, 0) is 55.7 Å². The van der Waals surface area contributed by atoms with Crippen LogP contribution in [0.25, 0.3) is 0 Å². The summed E-state index contributed by atoms with van der Waals surface area (Å²) in [5, 5.41) is 9.13. The molecule has 3 rings (SSSR count). The molecule has 0 atom stereocenters. The van der Waals surface area contributed by atoms with E-state index in [-0.39, 0.29) is 18.4 Å². The van der Waals surface area contributed by atoms with Crippen molar-refractivity contribution in [2.45, 2.75) is 31.7 Å². The molecule has 0 aromatic heterocycles. The first-order valence-electron chi connectivity index (χ1n) is 8.13. The number of hydrogen-bond acceptors (Lipinski definition) is 3. The Balaban J connectivity index is 1.52. The first-order valence-corrected chi connectivity index (χ1v) is 8.51. The fourth-order valence-corrected chi connectivity index (χ4v) is 3.16. The number of halogens is 1. The molecule has 0 heterocycles. The Morgan fingerprint density at radius 3 is 2.39 bits per heavy atom. The number of nitrogens with one attached hydrogen (secondary N) is 3. The van der Waals surface area contributed by atoms with Gasteiger partial charge in [0.1, 0.15) is 0 Å². The number of carbonyl (C=O) groups is 2. The van der Waals surface area contributed by atoms with Crippen molar-refractivity contribution in [1.82, 2.24) is 10.6 Å². The molecule has 2 fully saturated rings. The third-order valence-corrected chi connectivity index (χ3v) is 4.79. The van der Waals surface area contributed by atoms with E-state index >= 15 is 0 Å². The fourth-order valence-electron chi connectivity index (χ4n) is 2.89. The number of anilines is 1. The minimum Gasteiger partial charge on any atom is -0.376 e. The quantitative estimate of drug-likeness (QED) is 0.716. The van der Waals surface area contributed by atoms with E-state index in [4.69, 9.17) is 11.6 Å². The van der Waals surface area contributed by atoms with E-state index in [2.05, 4.69) is 16.0 Å². The Morgan fingerprint density at radius 2 is 1.87 bits per heavy atom. The summed E-state index contributed by atoms with van der Waals surface area (Å²) in [6.07, 6.45) is 4.97. The fraction of sp³-hybridized carbons (Fsp3) is 0.529. The van der Waals surface area contributed by atoms with Crippen LogP contribution < -0.4 is 16.0 Å². The van der Waals surface area contributed by atoms with Gasteiger partial charge in [0, 0.05) is 18.8 Å². The van der Waals surface area contributed by atoms with Crippen LogP contribution in [0, 0.1) is 11.8 Å². The first-order chi connectivity index (χ1) is 11.1. The zero-order valence-corrected chi connectivity index (χ0v) is 14.0. The van der Waals surface area contributed by atoms with E-state index in [1.54, 1.807) is 25.2 Å². The molecule has 5 nitrogen and oxygen atoms in total. The van der Waals surface area contributed by atoms with Crippen LogP contribution in [0.1, 0.15) is 36.0 Å². The number of rotatable bonds is 7. The predicted molar refractivity (Wildman–Crippen MR) is 90.7 cm³/mol. The average Bonchev–Trinajstić information content (AvgIpc) is 3.42. The monoisotopic (exact) mass is 335 g/mol. The van der Waals surface area contributed by atoms with E-state index in [0.717, 1.165) is 5.69 Å². The van der Waals surface area contributed by atoms with Gasteiger partial charge < -0.3 is 16.0 Å². The molecule has 0 spiro atoms. The Kier molecular flexibility index (Phi) is 4.76. The van der Waals surface area contributed by atoms with Gasteiger partial charge in [0.15, 0.2) is 0 Å². The second kappa shape index (κ2) is 6.79. The summed E-state index contributed by atoms with van der Waals surface area (Å²) in [7, 11) is 1.56. The van der Waals surface area contributed by atoms with Crippen LogP contribution in [-0.2, 0) is 4.79 Å². The normalized spacial score (nSPS) is 17.0. The van der Waals surface area contributed by atoms with Crippen molar-refractivity contribution < 1.29 is 9.59 Å². The molecule has 2 saturated carbocycles. The second-order valence-electron chi connectivity index (χ2n) is 6.40. The van der Waals surface area contributed by atoms with E-state index in [1.165, 1.54) is 25.7 Å². The number of benzene rings is 1. The highest BCUT2D eigenvalue weighted by Gasteiger charge is 2.42. The summed E-state index contributed by atoms with van der Waals surface area (Å²) >= 11 is 6.10. The Morgan fingerprint density at radius 1 is 1.22 bits per heavy atom. The molecule has 2 amide bonds. The van der Waals surface area contributed by atoms with Crippen molar-refractivity contribution >= 4 is 29.1 Å². The molecule has 1 aromatic carbocycles. The Labute approximate surface area is 141 Å². The van der Waals surface area contributed by atoms with Gasteiger partial charge >= 0.3 is 0 Å². The minimum atomic E-state index is -0.226. The molecule has 2 aliphatic rings. The third kappa shape index (κ3) is 4.16. The minimum absolute atomic E-state index is 0.0142. The highest BCUT2D eigenvalue weighted by Crippen LogP contribution is 2.44. The van der Waals surface area contributed by atoms with Crippen LogP contribution in [0.3, 0.4) is 0 Å². The lowest BCUT2D eigenvalue weighted by Crippen LogP contribution is -2.41. The summed E-state index contributed by atoms with van der Waals surface area (Å²) in [6, 6.07) is 5.43. The van der Waals surface area contributed by atoms with Crippen molar-refractivity contribution in [2.24, 2.45) is 11.8 Å². The van der Waals surface area contributed by atoms with Crippen LogP contribution in [0.2, 0.25) is 5.02 Å². The van der Waals surface area contributed by atoms with Gasteiger partial charge in [-0.25, -0.2) is 0 Å².